The third-order valence-corrected chi connectivity index (χ3v) is 3.48. The van der Waals surface area contributed by atoms with Crippen LogP contribution in [0.4, 0.5) is 5.69 Å². The summed E-state index contributed by atoms with van der Waals surface area (Å²) in [5, 5.41) is 10.0. The topological polar surface area (TPSA) is 36.1 Å². The molecule has 0 amide bonds. The first-order valence-electron chi connectivity index (χ1n) is 5.15. The monoisotopic (exact) mass is 219 g/mol. The van der Waals surface area contributed by atoms with E-state index in [1.54, 1.807) is 0 Å². The van der Waals surface area contributed by atoms with Gasteiger partial charge in [-0.3, -0.25) is 5.32 Å². The van der Waals surface area contributed by atoms with Gasteiger partial charge < -0.3 is 10.6 Å². The Labute approximate surface area is 94.3 Å². The molecule has 0 fully saturated rings. The fraction of sp³-hybridized carbons (Fsp3) is 0.364. The first-order valence-corrected chi connectivity index (χ1v) is 5.56. The van der Waals surface area contributed by atoms with E-state index in [4.69, 9.17) is 12.2 Å². The van der Waals surface area contributed by atoms with Crippen molar-refractivity contribution in [3.05, 3.63) is 29.3 Å². The maximum absolute atomic E-state index is 5.34. The lowest BCUT2D eigenvalue weighted by atomic mass is 9.94. The molecule has 1 aromatic rings. The molecule has 3 nitrogen and oxygen atoms in total. The number of hydrogen-bond donors (Lipinski definition) is 3. The van der Waals surface area contributed by atoms with E-state index < -0.39 is 0 Å². The molecule has 15 heavy (non-hydrogen) atoms. The van der Waals surface area contributed by atoms with E-state index in [0.29, 0.717) is 6.17 Å². The zero-order chi connectivity index (χ0) is 10.4. The molecule has 3 rings (SSSR count). The van der Waals surface area contributed by atoms with Crippen molar-refractivity contribution in [2.24, 2.45) is 0 Å². The smallest absolute Gasteiger partial charge is 0.102 e. The van der Waals surface area contributed by atoms with E-state index in [9.17, 15) is 0 Å². The molecule has 0 aliphatic carbocycles. The summed E-state index contributed by atoms with van der Waals surface area (Å²) in [5.41, 5.74) is 3.90. The quantitative estimate of drug-likeness (QED) is 0.620. The summed E-state index contributed by atoms with van der Waals surface area (Å²) < 4.78 is 0. The van der Waals surface area contributed by atoms with Crippen molar-refractivity contribution in [2.45, 2.75) is 18.6 Å². The summed E-state index contributed by atoms with van der Waals surface area (Å²) in [5.74, 6) is 0. The van der Waals surface area contributed by atoms with Gasteiger partial charge >= 0.3 is 0 Å². The molecular formula is C11H13N3S. The number of hydrogen-bond acceptors (Lipinski definition) is 3. The van der Waals surface area contributed by atoms with E-state index in [1.807, 2.05) is 7.05 Å². The van der Waals surface area contributed by atoms with Crippen molar-refractivity contribution in [1.29, 1.82) is 0 Å². The van der Waals surface area contributed by atoms with Crippen LogP contribution >= 0.6 is 12.2 Å². The highest BCUT2D eigenvalue weighted by Gasteiger charge is 2.34. The Bertz CT molecular complexity index is 430. The van der Waals surface area contributed by atoms with Crippen molar-refractivity contribution < 1.29 is 0 Å². The standard InChI is InChI=1S/C11H13N3S/c1-12-8-5-6-3-2-4-7-9(6)10(14-8)11(15)13-7/h2-4,8,10,12,14H,5H2,1H3,(H,13,15)/t8-,10?/m0/s1. The van der Waals surface area contributed by atoms with Crippen LogP contribution in [0.5, 0.6) is 0 Å². The average Bonchev–Trinajstić information content (AvgIpc) is 2.58. The molecule has 78 valence electrons. The third kappa shape index (κ3) is 1.29. The van der Waals surface area contributed by atoms with Crippen LogP contribution < -0.4 is 16.0 Å². The Hall–Kier alpha value is -0.970. The third-order valence-electron chi connectivity index (χ3n) is 3.15. The Morgan fingerprint density at radius 1 is 1.47 bits per heavy atom. The lowest BCUT2D eigenvalue weighted by Crippen LogP contribution is -2.48. The van der Waals surface area contributed by atoms with Gasteiger partial charge in [0.1, 0.15) is 4.99 Å². The molecule has 0 radical (unpaired) electrons. The van der Waals surface area contributed by atoms with Gasteiger partial charge in [0.15, 0.2) is 0 Å². The fourth-order valence-corrected chi connectivity index (χ4v) is 2.70. The van der Waals surface area contributed by atoms with E-state index in [-0.39, 0.29) is 6.04 Å². The molecular weight excluding hydrogens is 206 g/mol. The Kier molecular flexibility index (Phi) is 2.02. The predicted molar refractivity (Wildman–Crippen MR) is 65.1 cm³/mol. The van der Waals surface area contributed by atoms with Crippen LogP contribution in [0.3, 0.4) is 0 Å². The molecule has 4 heteroatoms. The van der Waals surface area contributed by atoms with Crippen LogP contribution in [0, 0.1) is 0 Å². The number of nitrogens with one attached hydrogen (secondary N) is 3. The highest BCUT2D eigenvalue weighted by atomic mass is 32.1. The molecule has 2 aliphatic rings. The van der Waals surface area contributed by atoms with Gasteiger partial charge in [-0.05, 0) is 18.7 Å². The summed E-state index contributed by atoms with van der Waals surface area (Å²) in [6.07, 6.45) is 1.33. The van der Waals surface area contributed by atoms with Crippen molar-refractivity contribution in [1.82, 2.24) is 10.6 Å². The van der Waals surface area contributed by atoms with Gasteiger partial charge in [0.25, 0.3) is 0 Å². The second-order valence-electron chi connectivity index (χ2n) is 4.01. The van der Waals surface area contributed by atoms with Gasteiger partial charge in [-0.25, -0.2) is 0 Å². The van der Waals surface area contributed by atoms with Crippen molar-refractivity contribution in [3.63, 3.8) is 0 Å². The number of benzene rings is 1. The highest BCUT2D eigenvalue weighted by molar-refractivity contribution is 7.80. The summed E-state index contributed by atoms with van der Waals surface area (Å²) >= 11 is 5.34. The molecule has 0 bridgehead atoms. The van der Waals surface area contributed by atoms with Gasteiger partial charge in [-0.1, -0.05) is 24.4 Å². The predicted octanol–water partition coefficient (Wildman–Crippen LogP) is 1.17. The number of likely N-dealkylation sites (N-methyl/N-ethyl adjacent to an activating group) is 1. The zero-order valence-corrected chi connectivity index (χ0v) is 9.32. The van der Waals surface area contributed by atoms with Crippen LogP contribution in [-0.4, -0.2) is 18.2 Å². The molecule has 1 aromatic carbocycles. The number of rotatable bonds is 1. The number of anilines is 1. The lowest BCUT2D eigenvalue weighted by molar-refractivity contribution is 0.416. The highest BCUT2D eigenvalue weighted by Crippen LogP contribution is 2.37. The minimum absolute atomic E-state index is 0.192. The lowest BCUT2D eigenvalue weighted by Gasteiger charge is -2.29. The molecule has 2 atom stereocenters. The first kappa shape index (κ1) is 9.27. The molecule has 2 heterocycles. The summed E-state index contributed by atoms with van der Waals surface area (Å²) in [6.45, 7) is 0. The minimum Gasteiger partial charge on any atom is -0.348 e. The second kappa shape index (κ2) is 3.27. The number of thiocarbonyl (C=S) groups is 1. The molecule has 0 saturated carbocycles. The Morgan fingerprint density at radius 3 is 3.13 bits per heavy atom. The average molecular weight is 219 g/mol. The molecule has 0 aromatic heterocycles. The van der Waals surface area contributed by atoms with Crippen LogP contribution in [0.25, 0.3) is 0 Å². The van der Waals surface area contributed by atoms with E-state index >= 15 is 0 Å². The largest absolute Gasteiger partial charge is 0.348 e. The van der Waals surface area contributed by atoms with Gasteiger partial charge in [0.05, 0.1) is 12.2 Å². The summed E-state index contributed by atoms with van der Waals surface area (Å²) in [6, 6.07) is 6.56. The van der Waals surface area contributed by atoms with Gasteiger partial charge in [0.2, 0.25) is 0 Å². The second-order valence-corrected chi connectivity index (χ2v) is 4.45. The Morgan fingerprint density at radius 2 is 2.33 bits per heavy atom. The van der Waals surface area contributed by atoms with Gasteiger partial charge in [-0.15, -0.1) is 0 Å². The van der Waals surface area contributed by atoms with Crippen LogP contribution in [0.15, 0.2) is 18.2 Å². The van der Waals surface area contributed by atoms with E-state index in [1.165, 1.54) is 16.8 Å². The zero-order valence-electron chi connectivity index (χ0n) is 8.50. The molecule has 1 unspecified atom stereocenters. The van der Waals surface area contributed by atoms with Crippen LogP contribution in [0.1, 0.15) is 17.2 Å². The molecule has 0 saturated heterocycles. The first-order chi connectivity index (χ1) is 7.29. The fourth-order valence-electron chi connectivity index (χ4n) is 2.40. The summed E-state index contributed by atoms with van der Waals surface area (Å²) in [7, 11) is 1.97. The van der Waals surface area contributed by atoms with E-state index in [0.717, 1.165) is 11.4 Å². The maximum atomic E-state index is 5.34. The van der Waals surface area contributed by atoms with Crippen LogP contribution in [-0.2, 0) is 6.42 Å². The molecule has 0 spiro atoms. The van der Waals surface area contributed by atoms with Gasteiger partial charge in [0, 0.05) is 17.7 Å². The summed E-state index contributed by atoms with van der Waals surface area (Å²) in [4.78, 5) is 0.886. The van der Waals surface area contributed by atoms with Crippen molar-refractivity contribution in [2.75, 3.05) is 12.4 Å². The van der Waals surface area contributed by atoms with E-state index in [2.05, 4.69) is 34.1 Å². The van der Waals surface area contributed by atoms with Gasteiger partial charge in [-0.2, -0.15) is 0 Å². The normalized spacial score (nSPS) is 27.4. The molecule has 3 N–H and O–H groups in total. The van der Waals surface area contributed by atoms with Crippen molar-refractivity contribution >= 4 is 22.9 Å². The Balaban J connectivity index is 2.11. The maximum Gasteiger partial charge on any atom is 0.102 e. The SMILES string of the molecule is CN[C@@H]1Cc2cccc3c2C(N1)C(=S)N3. The van der Waals surface area contributed by atoms with Crippen LogP contribution in [0.2, 0.25) is 0 Å². The van der Waals surface area contributed by atoms with Crippen molar-refractivity contribution in [3.8, 4) is 0 Å². The minimum atomic E-state index is 0.192. The molecule has 2 aliphatic heterocycles.